The van der Waals surface area contributed by atoms with Crippen molar-refractivity contribution in [3.63, 3.8) is 0 Å². The van der Waals surface area contributed by atoms with Crippen LogP contribution in [-0.4, -0.2) is 59.8 Å². The molecule has 2 fully saturated rings. The molecule has 0 spiro atoms. The van der Waals surface area contributed by atoms with E-state index in [-0.39, 0.29) is 0 Å². The first-order valence-electron chi connectivity index (χ1n) is 8.43. The van der Waals surface area contributed by atoms with E-state index in [1.807, 2.05) is 0 Å². The van der Waals surface area contributed by atoms with Gasteiger partial charge in [0.2, 0.25) is 0 Å². The van der Waals surface area contributed by atoms with E-state index in [9.17, 15) is 0 Å². The molecule has 0 aliphatic carbocycles. The van der Waals surface area contributed by atoms with Crippen LogP contribution in [0.3, 0.4) is 0 Å². The molecule has 2 aliphatic rings. The van der Waals surface area contributed by atoms with Crippen LogP contribution in [0.2, 0.25) is 0 Å². The van der Waals surface area contributed by atoms with Crippen LogP contribution in [0.15, 0.2) is 18.3 Å². The number of hydrogen-bond donors (Lipinski definition) is 0. The lowest BCUT2D eigenvalue weighted by Gasteiger charge is -2.38. The summed E-state index contributed by atoms with van der Waals surface area (Å²) in [5.41, 5.74) is 1.48. The van der Waals surface area contributed by atoms with Crippen molar-refractivity contribution in [1.29, 1.82) is 0 Å². The number of nitrogens with zero attached hydrogens (tertiary/aromatic N) is 3. The van der Waals surface area contributed by atoms with Crippen LogP contribution in [-0.2, 0) is 11.8 Å². The fraction of sp³-hybridized carbons (Fsp3) is 0.765. The fourth-order valence-electron chi connectivity index (χ4n) is 3.78. The lowest BCUT2D eigenvalue weighted by molar-refractivity contribution is -0.0229. The number of aromatic nitrogens is 1. The van der Waals surface area contributed by atoms with E-state index in [0.29, 0.717) is 12.1 Å². The van der Waals surface area contributed by atoms with E-state index in [2.05, 4.69) is 46.7 Å². The molecule has 21 heavy (non-hydrogen) atoms. The zero-order chi connectivity index (χ0) is 14.7. The van der Waals surface area contributed by atoms with E-state index in [1.165, 1.54) is 44.6 Å². The minimum absolute atomic E-state index is 0.392. The standard InChI is InChI=1S/C17H29N3O/c1-15-14-19(12-13-21-15)10-11-20-9-4-3-6-17(20)16-7-5-8-18(16)2/h5,7-8,15,17H,3-4,6,9-14H2,1-2H3. The number of ether oxygens (including phenoxy) is 1. The number of hydrogen-bond acceptors (Lipinski definition) is 3. The molecule has 118 valence electrons. The third-order valence-electron chi connectivity index (χ3n) is 4.97. The molecule has 2 atom stereocenters. The molecule has 0 aromatic carbocycles. The topological polar surface area (TPSA) is 20.6 Å². The minimum atomic E-state index is 0.392. The monoisotopic (exact) mass is 291 g/mol. The van der Waals surface area contributed by atoms with Crippen molar-refractivity contribution in [3.8, 4) is 0 Å². The maximum atomic E-state index is 5.64. The molecule has 2 unspecified atom stereocenters. The Kier molecular flexibility index (Phi) is 4.99. The molecule has 0 N–H and O–H groups in total. The zero-order valence-electron chi connectivity index (χ0n) is 13.5. The highest BCUT2D eigenvalue weighted by atomic mass is 16.5. The van der Waals surface area contributed by atoms with Crippen molar-refractivity contribution >= 4 is 0 Å². The van der Waals surface area contributed by atoms with Gasteiger partial charge >= 0.3 is 0 Å². The maximum absolute atomic E-state index is 5.64. The van der Waals surface area contributed by atoms with Gasteiger partial charge in [-0.15, -0.1) is 0 Å². The molecule has 2 saturated heterocycles. The Morgan fingerprint density at radius 1 is 1.24 bits per heavy atom. The van der Waals surface area contributed by atoms with E-state index in [4.69, 9.17) is 4.74 Å². The predicted octanol–water partition coefficient (Wildman–Crippen LogP) is 2.27. The quantitative estimate of drug-likeness (QED) is 0.849. The largest absolute Gasteiger partial charge is 0.376 e. The number of piperidine rings is 1. The average Bonchev–Trinajstić information content (AvgIpc) is 2.91. The van der Waals surface area contributed by atoms with Crippen molar-refractivity contribution in [2.75, 3.05) is 39.3 Å². The Balaban J connectivity index is 1.58. The Hall–Kier alpha value is -0.840. The second-order valence-corrected chi connectivity index (χ2v) is 6.57. The van der Waals surface area contributed by atoms with Gasteiger partial charge in [-0.2, -0.15) is 0 Å². The van der Waals surface area contributed by atoms with Gasteiger partial charge in [0.1, 0.15) is 0 Å². The second-order valence-electron chi connectivity index (χ2n) is 6.57. The molecular formula is C17H29N3O. The lowest BCUT2D eigenvalue weighted by Crippen LogP contribution is -2.46. The van der Waals surface area contributed by atoms with Gasteiger partial charge in [0.25, 0.3) is 0 Å². The van der Waals surface area contributed by atoms with Gasteiger partial charge < -0.3 is 9.30 Å². The van der Waals surface area contributed by atoms with Gasteiger partial charge in [-0.3, -0.25) is 9.80 Å². The first-order valence-corrected chi connectivity index (χ1v) is 8.43. The molecule has 0 saturated carbocycles. The van der Waals surface area contributed by atoms with E-state index in [0.717, 1.165) is 19.7 Å². The summed E-state index contributed by atoms with van der Waals surface area (Å²) in [6.45, 7) is 8.85. The molecule has 0 amide bonds. The van der Waals surface area contributed by atoms with Gasteiger partial charge in [0.05, 0.1) is 18.8 Å². The Labute approximate surface area is 128 Å². The van der Waals surface area contributed by atoms with Crippen molar-refractivity contribution in [2.45, 2.75) is 38.3 Å². The summed E-state index contributed by atoms with van der Waals surface area (Å²) >= 11 is 0. The van der Waals surface area contributed by atoms with E-state index < -0.39 is 0 Å². The van der Waals surface area contributed by atoms with Crippen LogP contribution < -0.4 is 0 Å². The Morgan fingerprint density at radius 2 is 2.14 bits per heavy atom. The SMILES string of the molecule is CC1CN(CCN2CCCCC2c2cccn2C)CCO1. The summed E-state index contributed by atoms with van der Waals surface area (Å²) in [4.78, 5) is 5.25. The number of likely N-dealkylation sites (tertiary alicyclic amines) is 1. The highest BCUT2D eigenvalue weighted by Crippen LogP contribution is 2.30. The van der Waals surface area contributed by atoms with Crippen LogP contribution in [0.1, 0.15) is 37.9 Å². The predicted molar refractivity (Wildman–Crippen MR) is 85.4 cm³/mol. The first-order chi connectivity index (χ1) is 10.2. The van der Waals surface area contributed by atoms with Crippen molar-refractivity contribution < 1.29 is 4.74 Å². The highest BCUT2D eigenvalue weighted by molar-refractivity contribution is 5.12. The molecule has 2 aliphatic heterocycles. The number of rotatable bonds is 4. The molecular weight excluding hydrogens is 262 g/mol. The van der Waals surface area contributed by atoms with Crippen LogP contribution >= 0.6 is 0 Å². The molecule has 4 nitrogen and oxygen atoms in total. The lowest BCUT2D eigenvalue weighted by atomic mass is 9.99. The summed E-state index contributed by atoms with van der Waals surface area (Å²) in [6.07, 6.45) is 6.58. The van der Waals surface area contributed by atoms with E-state index in [1.54, 1.807) is 0 Å². The minimum Gasteiger partial charge on any atom is -0.376 e. The highest BCUT2D eigenvalue weighted by Gasteiger charge is 2.26. The average molecular weight is 291 g/mol. The molecule has 3 rings (SSSR count). The van der Waals surface area contributed by atoms with E-state index >= 15 is 0 Å². The summed E-state index contributed by atoms with van der Waals surface area (Å²) in [7, 11) is 2.17. The first kappa shape index (κ1) is 15.1. The van der Waals surface area contributed by atoms with Crippen molar-refractivity contribution in [1.82, 2.24) is 14.4 Å². The van der Waals surface area contributed by atoms with Crippen LogP contribution in [0.5, 0.6) is 0 Å². The second kappa shape index (κ2) is 6.95. The Bertz CT molecular complexity index is 445. The van der Waals surface area contributed by atoms with Crippen molar-refractivity contribution in [2.24, 2.45) is 7.05 Å². The zero-order valence-corrected chi connectivity index (χ0v) is 13.5. The molecule has 3 heterocycles. The van der Waals surface area contributed by atoms with Gasteiger partial charge in [0, 0.05) is 45.1 Å². The summed E-state index contributed by atoms with van der Waals surface area (Å²) in [5, 5.41) is 0. The summed E-state index contributed by atoms with van der Waals surface area (Å²) < 4.78 is 7.93. The number of morpholine rings is 1. The molecule has 4 heteroatoms. The number of aryl methyl sites for hydroxylation is 1. The molecule has 0 radical (unpaired) electrons. The summed E-state index contributed by atoms with van der Waals surface area (Å²) in [6, 6.07) is 5.07. The van der Waals surface area contributed by atoms with Crippen LogP contribution in [0.25, 0.3) is 0 Å². The summed E-state index contributed by atoms with van der Waals surface area (Å²) in [5.74, 6) is 0. The fourth-order valence-corrected chi connectivity index (χ4v) is 3.78. The van der Waals surface area contributed by atoms with Gasteiger partial charge in [-0.1, -0.05) is 6.42 Å². The maximum Gasteiger partial charge on any atom is 0.0674 e. The van der Waals surface area contributed by atoms with Gasteiger partial charge in [-0.05, 0) is 38.4 Å². The van der Waals surface area contributed by atoms with Crippen LogP contribution in [0.4, 0.5) is 0 Å². The molecule has 1 aromatic rings. The van der Waals surface area contributed by atoms with Gasteiger partial charge in [0.15, 0.2) is 0 Å². The third kappa shape index (κ3) is 3.68. The van der Waals surface area contributed by atoms with Gasteiger partial charge in [-0.25, -0.2) is 0 Å². The smallest absolute Gasteiger partial charge is 0.0674 e. The molecule has 1 aromatic heterocycles. The Morgan fingerprint density at radius 3 is 2.90 bits per heavy atom. The van der Waals surface area contributed by atoms with Crippen LogP contribution in [0, 0.1) is 0 Å². The van der Waals surface area contributed by atoms with Crippen molar-refractivity contribution in [3.05, 3.63) is 24.0 Å². The molecule has 0 bridgehead atoms. The third-order valence-corrected chi connectivity index (χ3v) is 4.97. The normalized spacial score (nSPS) is 28.9.